The topological polar surface area (TPSA) is 111 Å². The summed E-state index contributed by atoms with van der Waals surface area (Å²) in [4.78, 5) is 37.9. The van der Waals surface area contributed by atoms with Crippen molar-refractivity contribution in [2.45, 2.75) is 341 Å². The number of ether oxygens (including phenoxy) is 1. The van der Waals surface area contributed by atoms with Crippen LogP contribution in [-0.2, 0) is 27.9 Å². The predicted octanol–water partition coefficient (Wildman–Crippen LogP) is 23.5. The third-order valence-corrected chi connectivity index (χ3v) is 17.0. The van der Waals surface area contributed by atoms with Crippen molar-refractivity contribution < 1.29 is 37.3 Å². The zero-order valence-electron chi connectivity index (χ0n) is 57.7. The lowest BCUT2D eigenvalue weighted by atomic mass is 10.0. The van der Waals surface area contributed by atoms with Crippen LogP contribution in [-0.4, -0.2) is 74.3 Å². The lowest BCUT2D eigenvalue weighted by Crippen LogP contribution is -2.47. The molecule has 504 valence electrons. The second-order valence-corrected chi connectivity index (χ2v) is 27.2. The van der Waals surface area contributed by atoms with E-state index in [2.05, 4.69) is 111 Å². The Morgan fingerprint density at radius 2 is 0.736 bits per heavy atom. The lowest BCUT2D eigenvalue weighted by Gasteiger charge is -2.27. The Kier molecular flexibility index (Phi) is 63.5. The third-order valence-electron chi connectivity index (χ3n) is 16.0. The minimum atomic E-state index is -4.46. The van der Waals surface area contributed by atoms with E-state index in [1.165, 1.54) is 186 Å². The number of amides is 1. The molecule has 2 N–H and O–H groups in total. The first-order valence-electron chi connectivity index (χ1n) is 36.6. The number of carbonyl (C=O) groups is 2. The number of carbonyl (C=O) groups excluding carboxylic acids is 2. The van der Waals surface area contributed by atoms with Crippen LogP contribution in [0.4, 0.5) is 0 Å². The second-order valence-electron chi connectivity index (χ2n) is 25.7. The summed E-state index contributed by atoms with van der Waals surface area (Å²) in [7, 11) is 1.48. The largest absolute Gasteiger partial charge is 0.472 e. The molecule has 0 fully saturated rings. The number of hydrogen-bond acceptors (Lipinski definition) is 6. The van der Waals surface area contributed by atoms with Crippen LogP contribution in [0.1, 0.15) is 329 Å². The maximum absolute atomic E-state index is 13.6. The molecule has 0 saturated carbocycles. The van der Waals surface area contributed by atoms with Gasteiger partial charge in [-0.25, -0.2) is 4.57 Å². The number of rotatable bonds is 66. The highest BCUT2D eigenvalue weighted by Gasteiger charge is 2.30. The van der Waals surface area contributed by atoms with Crippen LogP contribution in [0.2, 0.25) is 0 Å². The molecule has 0 rings (SSSR count). The summed E-state index contributed by atoms with van der Waals surface area (Å²) in [5, 5.41) is 3.07. The zero-order valence-corrected chi connectivity index (χ0v) is 58.6. The molecular formula is C77H140N2O7P+. The summed E-state index contributed by atoms with van der Waals surface area (Å²) in [6, 6.07) is -0.864. The van der Waals surface area contributed by atoms with Gasteiger partial charge in [-0.2, -0.15) is 0 Å². The van der Waals surface area contributed by atoms with Gasteiger partial charge in [0.1, 0.15) is 19.3 Å². The van der Waals surface area contributed by atoms with Crippen LogP contribution in [0.15, 0.2) is 97.2 Å². The Morgan fingerprint density at radius 3 is 1.11 bits per heavy atom. The van der Waals surface area contributed by atoms with Gasteiger partial charge < -0.3 is 19.4 Å². The van der Waals surface area contributed by atoms with E-state index in [1.807, 2.05) is 33.3 Å². The first kappa shape index (κ1) is 83.9. The maximum atomic E-state index is 13.6. The van der Waals surface area contributed by atoms with Gasteiger partial charge in [-0.3, -0.25) is 18.6 Å². The van der Waals surface area contributed by atoms with Crippen LogP contribution in [0.5, 0.6) is 0 Å². The summed E-state index contributed by atoms with van der Waals surface area (Å²) in [5.74, 6) is -0.529. The molecule has 0 aliphatic carbocycles. The average Bonchev–Trinajstić information content (AvgIpc) is 3.70. The summed E-state index contributed by atoms with van der Waals surface area (Å²) in [6.07, 6.45) is 90.1. The fourth-order valence-electron chi connectivity index (χ4n) is 10.4. The number of phosphoric acid groups is 1. The molecule has 3 atom stereocenters. The molecule has 0 saturated heterocycles. The Labute approximate surface area is 538 Å². The molecule has 0 heterocycles. The van der Waals surface area contributed by atoms with Crippen molar-refractivity contribution in [3.8, 4) is 0 Å². The van der Waals surface area contributed by atoms with Crippen LogP contribution >= 0.6 is 7.82 Å². The Morgan fingerprint density at radius 1 is 0.414 bits per heavy atom. The van der Waals surface area contributed by atoms with Crippen molar-refractivity contribution in [3.63, 3.8) is 0 Å². The standard InChI is InChI=1S/C77H139N2O7P/c1-7-10-13-16-19-22-25-27-29-31-33-35-37-38-39-40-42-43-45-47-49-51-54-57-60-63-66-69-76(80)78-74(73-85-87(82,83)84-72-71-79(4,5)6)75(68-65-62-59-56-53-24-21-18-15-12-9-3)86-77(81)70-67-64-61-58-55-52-50-48-46-44-41-36-34-32-30-28-26-23-20-17-14-11-8-2/h11,14,20,23,27-30,34,36,44,46,50,52,65,68,74-75H,7-10,12-13,15-19,21-22,24-26,31-33,35,37-43,45,47-49,51,53-64,66-67,69-73H2,1-6H3,(H-,78,80,82,83)/p+1/b14-11-,23-20-,29-27+,30-28-,36-34-,46-44-,52-50-,68-65-. The Balaban J connectivity index is 5.02. The summed E-state index contributed by atoms with van der Waals surface area (Å²) in [6.45, 7) is 6.90. The summed E-state index contributed by atoms with van der Waals surface area (Å²) < 4.78 is 30.8. The van der Waals surface area contributed by atoms with Gasteiger partial charge in [-0.1, -0.05) is 305 Å². The number of phosphoric ester groups is 1. The molecule has 0 bridgehead atoms. The first-order chi connectivity index (χ1) is 42.4. The van der Waals surface area contributed by atoms with Crippen LogP contribution in [0.25, 0.3) is 0 Å². The van der Waals surface area contributed by atoms with E-state index in [9.17, 15) is 19.0 Å². The maximum Gasteiger partial charge on any atom is 0.472 e. The molecule has 87 heavy (non-hydrogen) atoms. The van der Waals surface area contributed by atoms with Crippen LogP contribution < -0.4 is 5.32 Å². The summed E-state index contributed by atoms with van der Waals surface area (Å²) >= 11 is 0. The number of nitrogens with one attached hydrogen (secondary N) is 1. The van der Waals surface area contributed by atoms with E-state index in [4.69, 9.17) is 13.8 Å². The van der Waals surface area contributed by atoms with Crippen molar-refractivity contribution >= 4 is 19.7 Å². The normalized spacial score (nSPS) is 14.1. The van der Waals surface area contributed by atoms with E-state index in [0.29, 0.717) is 23.9 Å². The fraction of sp³-hybridized carbons (Fsp3) is 0.766. The molecule has 9 nitrogen and oxygen atoms in total. The third kappa shape index (κ3) is 67.2. The van der Waals surface area contributed by atoms with E-state index in [1.54, 1.807) is 0 Å². The minimum Gasteiger partial charge on any atom is -0.456 e. The van der Waals surface area contributed by atoms with Gasteiger partial charge in [0.2, 0.25) is 5.91 Å². The number of quaternary nitrogens is 1. The Bertz CT molecular complexity index is 1810. The lowest BCUT2D eigenvalue weighted by molar-refractivity contribution is -0.870. The van der Waals surface area contributed by atoms with E-state index < -0.39 is 20.0 Å². The quantitative estimate of drug-likeness (QED) is 0.0205. The van der Waals surface area contributed by atoms with Gasteiger partial charge in [-0.05, 0) is 109 Å². The fourth-order valence-corrected chi connectivity index (χ4v) is 11.1. The molecule has 0 spiro atoms. The van der Waals surface area contributed by atoms with Crippen LogP contribution in [0, 0.1) is 0 Å². The molecule has 1 amide bonds. The molecule has 0 aromatic heterocycles. The van der Waals surface area contributed by atoms with E-state index >= 15 is 0 Å². The minimum absolute atomic E-state index is 0.0329. The number of allylic oxidation sites excluding steroid dienone is 15. The van der Waals surface area contributed by atoms with Gasteiger partial charge in [0.25, 0.3) is 0 Å². The molecule has 0 aliphatic rings. The second kappa shape index (κ2) is 65.9. The van der Waals surface area contributed by atoms with Gasteiger partial charge in [-0.15, -0.1) is 0 Å². The summed E-state index contributed by atoms with van der Waals surface area (Å²) in [5.41, 5.74) is 0. The number of unbranched alkanes of at least 4 members (excludes halogenated alkanes) is 36. The highest BCUT2D eigenvalue weighted by atomic mass is 31.2. The number of hydrogen-bond donors (Lipinski definition) is 2. The number of likely N-dealkylation sites (N-methyl/N-ethyl adjacent to an activating group) is 1. The molecule has 3 unspecified atom stereocenters. The Hall–Kier alpha value is -3.07. The SMILES string of the molecule is CC/C=C\C/C=C\C/C=C\C/C=C\C/C=C\C/C=C\CCCCCCC(=O)OC(/C=C\CCCCCCCCCCC)C(COP(=O)(O)OCC[N+](C)(C)C)NC(=O)CCCCCCCCCCCCCCCCCCC/C=C/CCCCCCCC. The number of nitrogens with zero attached hydrogens (tertiary/aromatic N) is 1. The van der Waals surface area contributed by atoms with Crippen LogP contribution in [0.3, 0.4) is 0 Å². The smallest absolute Gasteiger partial charge is 0.456 e. The predicted molar refractivity (Wildman–Crippen MR) is 378 cm³/mol. The van der Waals surface area contributed by atoms with Crippen molar-refractivity contribution in [2.75, 3.05) is 40.9 Å². The van der Waals surface area contributed by atoms with Crippen molar-refractivity contribution in [1.82, 2.24) is 5.32 Å². The van der Waals surface area contributed by atoms with Gasteiger partial charge >= 0.3 is 13.8 Å². The molecule has 0 aromatic carbocycles. The monoisotopic (exact) mass is 1240 g/mol. The molecule has 0 radical (unpaired) electrons. The molecule has 0 aliphatic heterocycles. The highest BCUT2D eigenvalue weighted by Crippen LogP contribution is 2.43. The zero-order chi connectivity index (χ0) is 63.5. The van der Waals surface area contributed by atoms with Gasteiger partial charge in [0.05, 0.1) is 33.8 Å². The van der Waals surface area contributed by atoms with Gasteiger partial charge in [0, 0.05) is 12.8 Å². The van der Waals surface area contributed by atoms with Crippen molar-refractivity contribution in [3.05, 3.63) is 97.2 Å². The van der Waals surface area contributed by atoms with E-state index in [-0.39, 0.29) is 31.5 Å². The average molecular weight is 1240 g/mol. The van der Waals surface area contributed by atoms with Crippen molar-refractivity contribution in [2.24, 2.45) is 0 Å². The van der Waals surface area contributed by atoms with E-state index in [0.717, 1.165) is 103 Å². The number of esters is 1. The molecular weight excluding hydrogens is 1100 g/mol. The van der Waals surface area contributed by atoms with Gasteiger partial charge in [0.15, 0.2) is 0 Å². The highest BCUT2D eigenvalue weighted by molar-refractivity contribution is 7.47. The molecule has 0 aromatic rings. The first-order valence-corrected chi connectivity index (χ1v) is 38.1. The van der Waals surface area contributed by atoms with Crippen molar-refractivity contribution in [1.29, 1.82) is 0 Å². The molecule has 10 heteroatoms.